The average molecular weight is 283 g/mol. The molecule has 1 saturated carbocycles. The number of imidazole rings is 1. The molecule has 1 aromatic carbocycles. The van der Waals surface area contributed by atoms with Gasteiger partial charge in [-0.05, 0) is 31.7 Å². The molecule has 1 atom stereocenters. The first kappa shape index (κ1) is 14.2. The van der Waals surface area contributed by atoms with Crippen molar-refractivity contribution in [3.05, 3.63) is 48.3 Å². The van der Waals surface area contributed by atoms with E-state index in [0.29, 0.717) is 12.1 Å². The number of anilines is 1. The maximum absolute atomic E-state index is 4.52. The lowest BCUT2D eigenvalue weighted by molar-refractivity contribution is 0.455. The van der Waals surface area contributed by atoms with Gasteiger partial charge in [0.25, 0.3) is 0 Å². The molecule has 21 heavy (non-hydrogen) atoms. The number of nitrogens with zero attached hydrogens (tertiary/aromatic N) is 2. The highest BCUT2D eigenvalue weighted by atomic mass is 15.2. The summed E-state index contributed by atoms with van der Waals surface area (Å²) in [5.41, 5.74) is 1.38. The zero-order valence-corrected chi connectivity index (χ0v) is 12.8. The summed E-state index contributed by atoms with van der Waals surface area (Å²) in [6.07, 6.45) is 11.7. The topological polar surface area (TPSA) is 29.9 Å². The van der Waals surface area contributed by atoms with Crippen molar-refractivity contribution in [2.45, 2.75) is 57.5 Å². The molecule has 1 aliphatic carbocycles. The van der Waals surface area contributed by atoms with Crippen molar-refractivity contribution < 1.29 is 0 Å². The maximum Gasteiger partial charge on any atom is 0.203 e. The molecular formula is C18H25N3. The lowest BCUT2D eigenvalue weighted by Gasteiger charge is -2.25. The highest BCUT2D eigenvalue weighted by Crippen LogP contribution is 2.23. The molecule has 112 valence electrons. The molecular weight excluding hydrogens is 258 g/mol. The number of nitrogens with one attached hydrogen (secondary N) is 1. The highest BCUT2D eigenvalue weighted by Gasteiger charge is 2.17. The number of aromatic nitrogens is 2. The summed E-state index contributed by atoms with van der Waals surface area (Å²) in [5.74, 6) is 1.03. The number of hydrogen-bond donors (Lipinski definition) is 1. The molecule has 3 rings (SSSR count). The van der Waals surface area contributed by atoms with Crippen LogP contribution in [0.25, 0.3) is 0 Å². The third kappa shape index (κ3) is 3.66. The summed E-state index contributed by atoms with van der Waals surface area (Å²) < 4.78 is 2.28. The van der Waals surface area contributed by atoms with E-state index in [1.54, 1.807) is 0 Å². The van der Waals surface area contributed by atoms with Crippen LogP contribution in [-0.4, -0.2) is 15.6 Å². The third-order valence-corrected chi connectivity index (χ3v) is 4.46. The minimum Gasteiger partial charge on any atom is -0.353 e. The van der Waals surface area contributed by atoms with Gasteiger partial charge in [0, 0.05) is 24.5 Å². The van der Waals surface area contributed by atoms with Crippen molar-refractivity contribution in [2.75, 3.05) is 5.32 Å². The van der Waals surface area contributed by atoms with Gasteiger partial charge in [-0.25, -0.2) is 4.98 Å². The molecule has 0 aliphatic heterocycles. The summed E-state index contributed by atoms with van der Waals surface area (Å²) >= 11 is 0. The molecule has 1 aliphatic rings. The summed E-state index contributed by atoms with van der Waals surface area (Å²) in [6.45, 7) is 2.26. The first-order valence-electron chi connectivity index (χ1n) is 8.16. The van der Waals surface area contributed by atoms with Gasteiger partial charge in [0.1, 0.15) is 0 Å². The molecule has 1 aromatic heterocycles. The van der Waals surface area contributed by atoms with Gasteiger partial charge in [0.15, 0.2) is 0 Å². The summed E-state index contributed by atoms with van der Waals surface area (Å²) in [4.78, 5) is 4.52. The highest BCUT2D eigenvalue weighted by molar-refractivity contribution is 5.29. The van der Waals surface area contributed by atoms with Crippen molar-refractivity contribution in [1.29, 1.82) is 0 Å². The molecule has 1 heterocycles. The predicted molar refractivity (Wildman–Crippen MR) is 87.6 cm³/mol. The van der Waals surface area contributed by atoms with Gasteiger partial charge >= 0.3 is 0 Å². The van der Waals surface area contributed by atoms with E-state index in [9.17, 15) is 0 Å². The Morgan fingerprint density at radius 3 is 2.71 bits per heavy atom. The molecule has 1 N–H and O–H groups in total. The summed E-state index contributed by atoms with van der Waals surface area (Å²) in [7, 11) is 0. The summed E-state index contributed by atoms with van der Waals surface area (Å²) in [6, 6.07) is 11.7. The quantitative estimate of drug-likeness (QED) is 0.879. The zero-order chi connectivity index (χ0) is 14.5. The molecule has 3 nitrogen and oxygen atoms in total. The van der Waals surface area contributed by atoms with Crippen LogP contribution in [0.5, 0.6) is 0 Å². The second-order valence-electron chi connectivity index (χ2n) is 6.18. The van der Waals surface area contributed by atoms with E-state index in [0.717, 1.165) is 12.4 Å². The fourth-order valence-electron chi connectivity index (χ4n) is 3.26. The maximum atomic E-state index is 4.52. The monoisotopic (exact) mass is 283 g/mol. The van der Waals surface area contributed by atoms with Crippen molar-refractivity contribution in [3.8, 4) is 0 Å². The molecule has 0 spiro atoms. The number of hydrogen-bond acceptors (Lipinski definition) is 2. The third-order valence-electron chi connectivity index (χ3n) is 4.46. The van der Waals surface area contributed by atoms with E-state index in [4.69, 9.17) is 0 Å². The smallest absolute Gasteiger partial charge is 0.203 e. The Balaban J connectivity index is 1.66. The van der Waals surface area contributed by atoms with E-state index in [-0.39, 0.29) is 0 Å². The minimum atomic E-state index is 0.418. The molecule has 1 unspecified atom stereocenters. The molecule has 0 bridgehead atoms. The zero-order valence-electron chi connectivity index (χ0n) is 12.8. The first-order chi connectivity index (χ1) is 10.3. The van der Waals surface area contributed by atoms with Crippen molar-refractivity contribution in [1.82, 2.24) is 9.55 Å². The average Bonchev–Trinajstić information content (AvgIpc) is 2.97. The molecule has 0 amide bonds. The van der Waals surface area contributed by atoms with Gasteiger partial charge in [-0.1, -0.05) is 49.6 Å². The first-order valence-corrected chi connectivity index (χ1v) is 8.16. The predicted octanol–water partition coefficient (Wildman–Crippen LogP) is 4.43. The van der Waals surface area contributed by atoms with E-state index in [2.05, 4.69) is 58.3 Å². The van der Waals surface area contributed by atoms with Crippen molar-refractivity contribution >= 4 is 5.95 Å². The van der Waals surface area contributed by atoms with Gasteiger partial charge in [0.2, 0.25) is 5.95 Å². The Morgan fingerprint density at radius 2 is 1.95 bits per heavy atom. The number of benzene rings is 1. The molecule has 0 saturated heterocycles. The fraction of sp³-hybridized carbons (Fsp3) is 0.500. The number of rotatable bonds is 5. The summed E-state index contributed by atoms with van der Waals surface area (Å²) in [5, 5.41) is 3.65. The van der Waals surface area contributed by atoms with Crippen LogP contribution in [0.1, 0.15) is 50.6 Å². The lowest BCUT2D eigenvalue weighted by atomic mass is 9.96. The second-order valence-corrected chi connectivity index (χ2v) is 6.18. The van der Waals surface area contributed by atoms with Gasteiger partial charge in [-0.2, -0.15) is 0 Å². The minimum absolute atomic E-state index is 0.418. The van der Waals surface area contributed by atoms with E-state index in [1.807, 2.05) is 6.20 Å². The SMILES string of the molecule is CC(Cc1ccccc1)n1ccnc1NC1CCCCC1. The van der Waals surface area contributed by atoms with Crippen molar-refractivity contribution in [2.24, 2.45) is 0 Å². The van der Waals surface area contributed by atoms with E-state index < -0.39 is 0 Å². The van der Waals surface area contributed by atoms with Crippen LogP contribution in [-0.2, 0) is 6.42 Å². The van der Waals surface area contributed by atoms with Crippen LogP contribution in [0.15, 0.2) is 42.7 Å². The van der Waals surface area contributed by atoms with Crippen LogP contribution < -0.4 is 5.32 Å². The Bertz CT molecular complexity index is 541. The fourth-order valence-corrected chi connectivity index (χ4v) is 3.26. The van der Waals surface area contributed by atoms with Crippen LogP contribution in [0.3, 0.4) is 0 Å². The van der Waals surface area contributed by atoms with Crippen LogP contribution in [0.2, 0.25) is 0 Å². The van der Waals surface area contributed by atoms with E-state index in [1.165, 1.54) is 37.7 Å². The van der Waals surface area contributed by atoms with Gasteiger partial charge in [-0.15, -0.1) is 0 Å². The lowest BCUT2D eigenvalue weighted by Crippen LogP contribution is -2.25. The van der Waals surface area contributed by atoms with Crippen LogP contribution in [0, 0.1) is 0 Å². The Labute approximate surface area is 127 Å². The van der Waals surface area contributed by atoms with Crippen LogP contribution >= 0.6 is 0 Å². The van der Waals surface area contributed by atoms with Gasteiger partial charge in [0.05, 0.1) is 0 Å². The van der Waals surface area contributed by atoms with Gasteiger partial charge < -0.3 is 9.88 Å². The molecule has 2 aromatic rings. The molecule has 1 fully saturated rings. The normalized spacial score (nSPS) is 17.6. The standard InChI is InChI=1S/C18H25N3/c1-15(14-16-8-4-2-5-9-16)21-13-12-19-18(21)20-17-10-6-3-7-11-17/h2,4-5,8-9,12-13,15,17H,3,6-7,10-11,14H2,1H3,(H,19,20). The second kappa shape index (κ2) is 6.79. The molecule has 0 radical (unpaired) electrons. The van der Waals surface area contributed by atoms with Crippen LogP contribution in [0.4, 0.5) is 5.95 Å². The Hall–Kier alpha value is -1.77. The van der Waals surface area contributed by atoms with Crippen molar-refractivity contribution in [3.63, 3.8) is 0 Å². The van der Waals surface area contributed by atoms with Gasteiger partial charge in [-0.3, -0.25) is 0 Å². The Kier molecular flexibility index (Phi) is 4.59. The Morgan fingerprint density at radius 1 is 1.19 bits per heavy atom. The molecule has 3 heteroatoms. The largest absolute Gasteiger partial charge is 0.353 e. The van der Waals surface area contributed by atoms with E-state index >= 15 is 0 Å².